The minimum Gasteiger partial charge on any atom is -0.433 e. The summed E-state index contributed by atoms with van der Waals surface area (Å²) in [5.74, 6) is -70.0. The van der Waals surface area contributed by atoms with Gasteiger partial charge in [0.15, 0.2) is 82.5 Å². The molecule has 0 radical (unpaired) electrons. The lowest BCUT2D eigenvalue weighted by Gasteiger charge is -2.44. The van der Waals surface area contributed by atoms with Gasteiger partial charge in [-0.05, 0) is 16.8 Å². The zero-order valence-corrected chi connectivity index (χ0v) is 35.5. The first-order valence-electron chi connectivity index (χ1n) is 20.3. The highest BCUT2D eigenvalue weighted by atomic mass is 19.2. The van der Waals surface area contributed by atoms with E-state index in [-0.39, 0.29) is 0 Å². The van der Waals surface area contributed by atoms with Crippen LogP contribution in [0.15, 0.2) is 104 Å². The van der Waals surface area contributed by atoms with Gasteiger partial charge in [-0.3, -0.25) is 0 Å². The molecule has 9 rings (SSSR count). The Balaban J connectivity index is 0.000000216. The summed E-state index contributed by atoms with van der Waals surface area (Å²) in [6.45, 7) is 0.774. The van der Waals surface area contributed by atoms with E-state index in [0.717, 1.165) is 33.8 Å². The monoisotopic (exact) mass is 1040 g/mol. The second-order valence-electron chi connectivity index (χ2n) is 15.6. The van der Waals surface area contributed by atoms with Crippen molar-refractivity contribution in [3.05, 3.63) is 225 Å². The molecular weight excluding hydrogens is 1020 g/mol. The van der Waals surface area contributed by atoms with Gasteiger partial charge in [0, 0.05) is 16.3 Å². The number of hydrogen-bond donors (Lipinski definition) is 0. The van der Waals surface area contributed by atoms with Gasteiger partial charge in [0.25, 0.3) is 5.88 Å². The molecule has 0 aliphatic heterocycles. The van der Waals surface area contributed by atoms with E-state index in [0.29, 0.717) is 5.88 Å². The average Bonchev–Trinajstić information content (AvgIpc) is 3.39. The average molecular weight is 1040 g/mol. The highest BCUT2D eigenvalue weighted by molar-refractivity contribution is 7.20. The number of fused-ring (bicyclic) bond motifs is 2. The highest BCUT2D eigenvalue weighted by Crippen LogP contribution is 2.37. The summed E-state index contributed by atoms with van der Waals surface area (Å²) in [7, 11) is 0. The van der Waals surface area contributed by atoms with Crippen LogP contribution in [0.1, 0.15) is 5.56 Å². The second kappa shape index (κ2) is 19.4. The topological polar surface area (TPSA) is 26.0 Å². The van der Waals surface area contributed by atoms with Crippen LogP contribution >= 0.6 is 0 Å². The van der Waals surface area contributed by atoms with Gasteiger partial charge in [-0.1, -0.05) is 78.9 Å². The molecule has 0 fully saturated rings. The van der Waals surface area contributed by atoms with Crippen molar-refractivity contribution in [2.45, 2.75) is 6.54 Å². The molecule has 1 heterocycles. The fraction of sp³-hybridized carbons (Fsp3) is 0.0204. The summed E-state index contributed by atoms with van der Waals surface area (Å²) in [5.41, 5.74) is -13.1. The van der Waals surface area contributed by atoms with E-state index in [1.807, 2.05) is 30.6 Å². The number of rotatable bonds is 8. The smallest absolute Gasteiger partial charge is 0.285 e. The molecule has 24 heteroatoms. The van der Waals surface area contributed by atoms with E-state index in [1.54, 1.807) is 6.20 Å². The van der Waals surface area contributed by atoms with Crippen molar-refractivity contribution in [2.24, 2.45) is 0 Å². The Morgan fingerprint density at radius 1 is 0.370 bits per heavy atom. The van der Waals surface area contributed by atoms with E-state index in [2.05, 4.69) is 76.3 Å². The predicted octanol–water partition coefficient (Wildman–Crippen LogP) is 11.4. The molecule has 73 heavy (non-hydrogen) atoms. The van der Waals surface area contributed by atoms with Gasteiger partial charge in [-0.15, -0.1) is 21.9 Å². The maximum Gasteiger partial charge on any atom is 0.285 e. The van der Waals surface area contributed by atoms with Crippen LogP contribution in [0.3, 0.4) is 0 Å². The predicted molar refractivity (Wildman–Crippen MR) is 221 cm³/mol. The third-order valence-corrected chi connectivity index (χ3v) is 11.6. The van der Waals surface area contributed by atoms with Crippen LogP contribution in [-0.2, 0) is 6.54 Å². The third kappa shape index (κ3) is 8.26. The lowest BCUT2D eigenvalue weighted by Crippen LogP contribution is -2.81. The van der Waals surface area contributed by atoms with Crippen LogP contribution in [0.2, 0.25) is 0 Å². The van der Waals surface area contributed by atoms with Crippen molar-refractivity contribution >= 4 is 49.5 Å². The van der Waals surface area contributed by atoms with Gasteiger partial charge < -0.3 is 4.74 Å². The molecule has 8 aromatic carbocycles. The molecule has 0 amide bonds. The van der Waals surface area contributed by atoms with Gasteiger partial charge in [0.2, 0.25) is 6.20 Å². The molecule has 0 bridgehead atoms. The lowest BCUT2D eigenvalue weighted by molar-refractivity contribution is -0.689. The van der Waals surface area contributed by atoms with Gasteiger partial charge in [-0.2, -0.15) is 4.57 Å². The molecule has 1 aromatic heterocycles. The van der Waals surface area contributed by atoms with Crippen LogP contribution < -0.4 is 31.2 Å². The summed E-state index contributed by atoms with van der Waals surface area (Å²) < 4.78 is 302. The van der Waals surface area contributed by atoms with Crippen LogP contribution in [-0.4, -0.2) is 11.1 Å². The molecule has 0 spiro atoms. The van der Waals surface area contributed by atoms with Crippen molar-refractivity contribution < 1.29 is 97.1 Å². The van der Waals surface area contributed by atoms with Gasteiger partial charge >= 0.3 is 0 Å². The van der Waals surface area contributed by atoms with E-state index >= 15 is 35.1 Å². The number of halogens is 20. The summed E-state index contributed by atoms with van der Waals surface area (Å²) in [6.07, 6.45) is -1.53. The van der Waals surface area contributed by atoms with E-state index in [9.17, 15) is 52.7 Å². The maximum atomic E-state index is 15.4. The molecule has 3 nitrogen and oxygen atoms in total. The Bertz CT molecular complexity index is 3280. The Kier molecular flexibility index (Phi) is 13.6. The highest BCUT2D eigenvalue weighted by Gasteiger charge is 2.52. The number of hydrogen-bond acceptors (Lipinski definition) is 2. The minimum atomic E-state index is -7.22. The van der Waals surface area contributed by atoms with Crippen LogP contribution in [0.5, 0.6) is 11.6 Å². The minimum absolute atomic E-state index is 0.583. The number of nitrogens with zero attached hydrogens (tertiary/aromatic N) is 2. The Labute approximate surface area is 394 Å². The zero-order valence-electron chi connectivity index (χ0n) is 35.5. The van der Waals surface area contributed by atoms with Crippen LogP contribution in [0.4, 0.5) is 87.8 Å². The van der Waals surface area contributed by atoms with Crippen molar-refractivity contribution in [2.75, 3.05) is 0 Å². The first kappa shape index (κ1) is 51.2. The standard InChI is InChI=1S/C25H19N2O.C24BF20/c1-2-8-19(9-3-1)17-27-15-14-26-24(18-27)28-25-22-12-6-4-10-20(22)16-21-11-5-7-13-23(21)25;26-5-1(6(27)14(35)21(42)13(5)34)25(2-7(28)15(36)22(43)16(37)8(2)29,3-9(30)17(38)23(44)18(39)10(3)31)4-11(32)19(40)24(45)20(41)12(4)33/h1-16,18H,17H2;/q+1;-1. The van der Waals surface area contributed by atoms with Gasteiger partial charge in [0.05, 0.1) is 6.20 Å². The van der Waals surface area contributed by atoms with Crippen molar-refractivity contribution in [3.8, 4) is 11.6 Å². The lowest BCUT2D eigenvalue weighted by atomic mass is 9.12. The molecule has 9 aromatic rings. The zero-order chi connectivity index (χ0) is 53.1. The number of benzene rings is 8. The molecule has 0 unspecified atom stereocenters. The van der Waals surface area contributed by atoms with E-state index in [1.165, 1.54) is 5.56 Å². The first-order valence-corrected chi connectivity index (χ1v) is 20.3. The fourth-order valence-electron chi connectivity index (χ4n) is 8.42. The van der Waals surface area contributed by atoms with Crippen LogP contribution in [0, 0.1) is 116 Å². The van der Waals surface area contributed by atoms with Gasteiger partial charge in [0.1, 0.15) is 58.4 Å². The normalized spacial score (nSPS) is 11.6. The summed E-state index contributed by atoms with van der Waals surface area (Å²) in [4.78, 5) is 4.45. The van der Waals surface area contributed by atoms with Crippen LogP contribution in [0.25, 0.3) is 21.5 Å². The molecular formula is C49H19BF20N2O. The Hall–Kier alpha value is -8.18. The number of aromatic nitrogens is 2. The summed E-state index contributed by atoms with van der Waals surface area (Å²) in [5, 5.41) is 4.48. The maximum absolute atomic E-state index is 15.4. The quantitative estimate of drug-likeness (QED) is 0.0379. The fourth-order valence-corrected chi connectivity index (χ4v) is 8.42. The van der Waals surface area contributed by atoms with Crippen molar-refractivity contribution in [3.63, 3.8) is 0 Å². The molecule has 0 saturated heterocycles. The molecule has 0 atom stereocenters. The number of ether oxygens (including phenoxy) is 1. The van der Waals surface area contributed by atoms with E-state index < -0.39 is 144 Å². The summed E-state index contributed by atoms with van der Waals surface area (Å²) >= 11 is 0. The SMILES string of the molecule is Fc1c(F)c(F)c([B-](c2c(F)c(F)c(F)c(F)c2F)(c2c(F)c(F)c(F)c(F)c2F)c2c(F)c(F)c(F)c(F)c2F)c(F)c1F.c1ccc(C[n+]2ccnc(Oc3c4ccccc4cc4ccccc34)c2)cc1. The Morgan fingerprint density at radius 2 is 0.671 bits per heavy atom. The molecule has 374 valence electrons. The molecule has 0 aliphatic rings. The first-order chi connectivity index (χ1) is 34.6. The molecule has 0 saturated carbocycles. The van der Waals surface area contributed by atoms with Crippen molar-refractivity contribution in [1.82, 2.24) is 4.98 Å². The second-order valence-corrected chi connectivity index (χ2v) is 15.6. The largest absolute Gasteiger partial charge is 0.433 e. The Morgan fingerprint density at radius 3 is 1.01 bits per heavy atom. The van der Waals surface area contributed by atoms with Crippen molar-refractivity contribution in [1.29, 1.82) is 0 Å². The third-order valence-electron chi connectivity index (χ3n) is 11.6. The molecule has 0 N–H and O–H groups in total. The summed E-state index contributed by atoms with van der Waals surface area (Å²) in [6, 6.07) is 29.2. The van der Waals surface area contributed by atoms with E-state index in [4.69, 9.17) is 4.74 Å². The van der Waals surface area contributed by atoms with Gasteiger partial charge in [-0.25, -0.2) is 92.8 Å². The molecule has 0 aliphatic carbocycles.